The molecular formula is C17H20N2O3S. The second-order valence-corrected chi connectivity index (χ2v) is 6.58. The average Bonchev–Trinajstić information content (AvgIpc) is 3.18. The number of benzene rings is 1. The van der Waals surface area contributed by atoms with E-state index < -0.39 is 0 Å². The minimum atomic E-state index is -0.107. The Hall–Kier alpha value is -1.95. The van der Waals surface area contributed by atoms with Crippen LogP contribution in [0.2, 0.25) is 0 Å². The second kappa shape index (κ2) is 7.08. The highest BCUT2D eigenvalue weighted by Crippen LogP contribution is 2.32. The van der Waals surface area contributed by atoms with E-state index in [1.54, 1.807) is 20.3 Å². The Kier molecular flexibility index (Phi) is 4.91. The highest BCUT2D eigenvalue weighted by molar-refractivity contribution is 8.18. The minimum Gasteiger partial charge on any atom is -0.497 e. The number of ether oxygens (including phenoxy) is 2. The summed E-state index contributed by atoms with van der Waals surface area (Å²) in [6.45, 7) is 0. The maximum atomic E-state index is 12.1. The first kappa shape index (κ1) is 15.9. The molecule has 1 aliphatic carbocycles. The van der Waals surface area contributed by atoms with Gasteiger partial charge in [-0.25, -0.2) is 0 Å². The lowest BCUT2D eigenvalue weighted by Gasteiger charge is -2.07. The van der Waals surface area contributed by atoms with Crippen LogP contribution in [0.1, 0.15) is 31.2 Å². The molecule has 1 aliphatic heterocycles. The first-order chi connectivity index (χ1) is 11.2. The first-order valence-electron chi connectivity index (χ1n) is 7.70. The molecule has 1 aromatic rings. The van der Waals surface area contributed by atoms with Crippen molar-refractivity contribution in [2.45, 2.75) is 31.7 Å². The Morgan fingerprint density at radius 2 is 2.04 bits per heavy atom. The van der Waals surface area contributed by atoms with Gasteiger partial charge in [-0.05, 0) is 42.8 Å². The molecule has 0 radical (unpaired) electrons. The molecule has 1 aromatic carbocycles. The summed E-state index contributed by atoms with van der Waals surface area (Å²) < 4.78 is 10.6. The lowest BCUT2D eigenvalue weighted by molar-refractivity contribution is -0.115. The second-order valence-electron chi connectivity index (χ2n) is 5.55. The molecule has 1 N–H and O–H groups in total. The van der Waals surface area contributed by atoms with Gasteiger partial charge in [-0.1, -0.05) is 12.8 Å². The Morgan fingerprint density at radius 3 is 2.74 bits per heavy atom. The molecule has 0 bridgehead atoms. The van der Waals surface area contributed by atoms with E-state index in [9.17, 15) is 4.79 Å². The van der Waals surface area contributed by atoms with Crippen LogP contribution in [0, 0.1) is 0 Å². The summed E-state index contributed by atoms with van der Waals surface area (Å²) in [6.07, 6.45) is 6.52. The fraction of sp³-hybridized carbons (Fsp3) is 0.412. The maximum absolute atomic E-state index is 12.1. The Bertz CT molecular complexity index is 664. The number of amides is 1. The number of carbonyl (C=O) groups is 1. The Balaban J connectivity index is 1.81. The highest BCUT2D eigenvalue weighted by atomic mass is 32.2. The first-order valence-corrected chi connectivity index (χ1v) is 8.52. The molecule has 1 heterocycles. The summed E-state index contributed by atoms with van der Waals surface area (Å²) >= 11 is 1.39. The predicted octanol–water partition coefficient (Wildman–Crippen LogP) is 3.21. The van der Waals surface area contributed by atoms with Gasteiger partial charge in [0.2, 0.25) is 0 Å². The van der Waals surface area contributed by atoms with Crippen LogP contribution in [0.3, 0.4) is 0 Å². The smallest absolute Gasteiger partial charge is 0.264 e. The molecule has 6 heteroatoms. The van der Waals surface area contributed by atoms with E-state index in [-0.39, 0.29) is 5.91 Å². The summed E-state index contributed by atoms with van der Waals surface area (Å²) in [7, 11) is 3.21. The summed E-state index contributed by atoms with van der Waals surface area (Å²) in [5, 5.41) is 3.56. The van der Waals surface area contributed by atoms with Crippen molar-refractivity contribution in [3.8, 4) is 11.5 Å². The van der Waals surface area contributed by atoms with Crippen LogP contribution in [-0.2, 0) is 4.79 Å². The summed E-state index contributed by atoms with van der Waals surface area (Å²) in [4.78, 5) is 17.4. The van der Waals surface area contributed by atoms with Gasteiger partial charge in [0.05, 0.1) is 25.2 Å². The van der Waals surface area contributed by atoms with Crippen LogP contribution in [-0.4, -0.2) is 31.3 Å². The lowest BCUT2D eigenvalue weighted by Crippen LogP contribution is -2.21. The molecule has 122 valence electrons. The number of rotatable bonds is 4. The SMILES string of the molecule is COc1ccc(C=C2SC(=NC3CCCC3)NC2=O)c(OC)c1. The van der Waals surface area contributed by atoms with Crippen LogP contribution >= 0.6 is 11.8 Å². The van der Waals surface area contributed by atoms with Gasteiger partial charge in [0.15, 0.2) is 5.17 Å². The van der Waals surface area contributed by atoms with Crippen molar-refractivity contribution in [2.75, 3.05) is 14.2 Å². The van der Waals surface area contributed by atoms with Gasteiger partial charge in [-0.2, -0.15) is 0 Å². The standard InChI is InChI=1S/C17H20N2O3S/c1-21-13-8-7-11(14(10-13)22-2)9-15-16(20)19-17(23-15)18-12-5-3-4-6-12/h7-10,12H,3-6H2,1-2H3,(H,18,19,20). The van der Waals surface area contributed by atoms with E-state index in [0.29, 0.717) is 21.9 Å². The van der Waals surface area contributed by atoms with E-state index in [1.807, 2.05) is 18.2 Å². The zero-order valence-electron chi connectivity index (χ0n) is 13.3. The molecule has 1 saturated carbocycles. The third kappa shape index (κ3) is 3.69. The molecule has 0 aromatic heterocycles. The minimum absolute atomic E-state index is 0.107. The third-order valence-electron chi connectivity index (χ3n) is 4.00. The number of carbonyl (C=O) groups excluding carboxylic acids is 1. The van der Waals surface area contributed by atoms with Crippen molar-refractivity contribution in [2.24, 2.45) is 4.99 Å². The van der Waals surface area contributed by atoms with E-state index in [4.69, 9.17) is 9.47 Å². The van der Waals surface area contributed by atoms with Gasteiger partial charge in [0.1, 0.15) is 11.5 Å². The molecule has 1 saturated heterocycles. The molecule has 0 unspecified atom stereocenters. The largest absolute Gasteiger partial charge is 0.497 e. The van der Waals surface area contributed by atoms with E-state index in [1.165, 1.54) is 24.6 Å². The van der Waals surface area contributed by atoms with E-state index >= 15 is 0 Å². The quantitative estimate of drug-likeness (QED) is 0.860. The number of thioether (sulfide) groups is 1. The normalized spacial score (nSPS) is 21.9. The molecule has 2 aliphatic rings. The van der Waals surface area contributed by atoms with Crippen molar-refractivity contribution < 1.29 is 14.3 Å². The zero-order valence-corrected chi connectivity index (χ0v) is 14.1. The summed E-state index contributed by atoms with van der Waals surface area (Å²) in [6, 6.07) is 5.88. The number of hydrogen-bond acceptors (Lipinski definition) is 5. The number of methoxy groups -OCH3 is 2. The number of aliphatic imine (C=N–C) groups is 1. The number of nitrogens with one attached hydrogen (secondary N) is 1. The highest BCUT2D eigenvalue weighted by Gasteiger charge is 2.26. The third-order valence-corrected chi connectivity index (χ3v) is 4.93. The van der Waals surface area contributed by atoms with Crippen LogP contribution in [0.5, 0.6) is 11.5 Å². The molecule has 0 atom stereocenters. The zero-order chi connectivity index (χ0) is 16.2. The van der Waals surface area contributed by atoms with Crippen molar-refractivity contribution >= 4 is 28.9 Å². The van der Waals surface area contributed by atoms with Gasteiger partial charge < -0.3 is 14.8 Å². The molecule has 5 nitrogen and oxygen atoms in total. The van der Waals surface area contributed by atoms with Gasteiger partial charge in [-0.15, -0.1) is 0 Å². The topological polar surface area (TPSA) is 59.9 Å². The average molecular weight is 332 g/mol. The summed E-state index contributed by atoms with van der Waals surface area (Å²) in [5.74, 6) is 1.28. The molecule has 1 amide bonds. The van der Waals surface area contributed by atoms with E-state index in [2.05, 4.69) is 10.3 Å². The number of nitrogens with zero attached hydrogens (tertiary/aromatic N) is 1. The number of hydrogen-bond donors (Lipinski definition) is 1. The fourth-order valence-corrected chi connectivity index (χ4v) is 3.65. The van der Waals surface area contributed by atoms with Gasteiger partial charge in [-0.3, -0.25) is 9.79 Å². The van der Waals surface area contributed by atoms with Crippen molar-refractivity contribution in [3.63, 3.8) is 0 Å². The van der Waals surface area contributed by atoms with Crippen LogP contribution in [0.25, 0.3) is 6.08 Å². The molecule has 0 spiro atoms. The van der Waals surface area contributed by atoms with Gasteiger partial charge in [0.25, 0.3) is 5.91 Å². The molecule has 3 rings (SSSR count). The number of amidine groups is 1. The monoisotopic (exact) mass is 332 g/mol. The molecule has 2 fully saturated rings. The fourth-order valence-electron chi connectivity index (χ4n) is 2.77. The van der Waals surface area contributed by atoms with Crippen molar-refractivity contribution in [1.82, 2.24) is 5.32 Å². The van der Waals surface area contributed by atoms with Crippen molar-refractivity contribution in [3.05, 3.63) is 28.7 Å². The summed E-state index contributed by atoms with van der Waals surface area (Å²) in [5.41, 5.74) is 0.841. The molecular weight excluding hydrogens is 312 g/mol. The molecule has 23 heavy (non-hydrogen) atoms. The van der Waals surface area contributed by atoms with Gasteiger partial charge >= 0.3 is 0 Å². The maximum Gasteiger partial charge on any atom is 0.264 e. The lowest BCUT2D eigenvalue weighted by atomic mass is 10.1. The Morgan fingerprint density at radius 1 is 1.26 bits per heavy atom. The predicted molar refractivity (Wildman–Crippen MR) is 92.9 cm³/mol. The van der Waals surface area contributed by atoms with Crippen LogP contribution in [0.4, 0.5) is 0 Å². The van der Waals surface area contributed by atoms with Crippen LogP contribution in [0.15, 0.2) is 28.1 Å². The van der Waals surface area contributed by atoms with E-state index in [0.717, 1.165) is 24.2 Å². The Labute approximate surface area is 140 Å². The van der Waals surface area contributed by atoms with Crippen molar-refractivity contribution in [1.29, 1.82) is 0 Å². The van der Waals surface area contributed by atoms with Crippen LogP contribution < -0.4 is 14.8 Å². The van der Waals surface area contributed by atoms with Gasteiger partial charge in [0, 0.05) is 11.6 Å².